The van der Waals surface area contributed by atoms with E-state index in [1.54, 1.807) is 0 Å². The van der Waals surface area contributed by atoms with Crippen molar-refractivity contribution in [2.75, 3.05) is 11.9 Å². The van der Waals surface area contributed by atoms with E-state index in [0.29, 0.717) is 6.54 Å². The van der Waals surface area contributed by atoms with Gasteiger partial charge in [0.2, 0.25) is 5.91 Å². The van der Waals surface area contributed by atoms with Gasteiger partial charge in [-0.15, -0.1) is 11.3 Å². The number of rotatable bonds is 3. The Kier molecular flexibility index (Phi) is 3.41. The van der Waals surface area contributed by atoms with Crippen molar-refractivity contribution in [3.8, 4) is 0 Å². The van der Waals surface area contributed by atoms with Crippen molar-refractivity contribution in [2.24, 2.45) is 11.5 Å². The van der Waals surface area contributed by atoms with Crippen LogP contribution in [-0.2, 0) is 4.79 Å². The molecule has 1 aromatic heterocycles. The van der Waals surface area contributed by atoms with E-state index in [-0.39, 0.29) is 11.9 Å². The third kappa shape index (κ3) is 2.80. The van der Waals surface area contributed by atoms with Crippen molar-refractivity contribution in [3.63, 3.8) is 0 Å². The van der Waals surface area contributed by atoms with Crippen LogP contribution >= 0.6 is 11.3 Å². The molecule has 0 saturated heterocycles. The zero-order valence-electron chi connectivity index (χ0n) is 7.41. The van der Waals surface area contributed by atoms with Crippen molar-refractivity contribution in [2.45, 2.75) is 13.0 Å². The summed E-state index contributed by atoms with van der Waals surface area (Å²) in [5.74, 6) is -0.0743. The van der Waals surface area contributed by atoms with Crippen LogP contribution in [-0.4, -0.2) is 12.5 Å². The zero-order valence-corrected chi connectivity index (χ0v) is 8.23. The van der Waals surface area contributed by atoms with Gasteiger partial charge in [0.25, 0.3) is 0 Å². The van der Waals surface area contributed by atoms with Crippen molar-refractivity contribution in [1.82, 2.24) is 0 Å². The van der Waals surface area contributed by atoms with E-state index in [2.05, 4.69) is 5.32 Å². The van der Waals surface area contributed by atoms with Gasteiger partial charge in [-0.05, 0) is 12.1 Å². The Bertz CT molecular complexity index is 297. The minimum absolute atomic E-state index is 0.0743. The molecule has 72 valence electrons. The summed E-state index contributed by atoms with van der Waals surface area (Å²) in [6.45, 7) is 1.89. The Morgan fingerprint density at radius 1 is 1.69 bits per heavy atom. The van der Waals surface area contributed by atoms with Crippen LogP contribution in [0.1, 0.15) is 17.8 Å². The van der Waals surface area contributed by atoms with Gasteiger partial charge >= 0.3 is 0 Å². The summed E-state index contributed by atoms with van der Waals surface area (Å²) in [7, 11) is 0. The van der Waals surface area contributed by atoms with Crippen LogP contribution < -0.4 is 16.8 Å². The van der Waals surface area contributed by atoms with E-state index < -0.39 is 0 Å². The first-order valence-electron chi connectivity index (χ1n) is 3.96. The largest absolute Gasteiger partial charge is 0.329 e. The number of amides is 1. The molecule has 1 unspecified atom stereocenters. The van der Waals surface area contributed by atoms with Crippen LogP contribution in [0.2, 0.25) is 0 Å². The zero-order chi connectivity index (χ0) is 9.84. The number of hydrogen-bond donors (Lipinski definition) is 3. The molecular formula is C8H13N3OS. The van der Waals surface area contributed by atoms with Gasteiger partial charge in [-0.1, -0.05) is 0 Å². The number of carbonyl (C=O) groups is 1. The molecule has 13 heavy (non-hydrogen) atoms. The Labute approximate surface area is 80.9 Å². The van der Waals surface area contributed by atoms with E-state index in [0.717, 1.165) is 9.88 Å². The first-order chi connectivity index (χ1) is 6.13. The Balaban J connectivity index is 2.68. The molecule has 5 N–H and O–H groups in total. The number of hydrogen-bond acceptors (Lipinski definition) is 4. The average molecular weight is 199 g/mol. The highest BCUT2D eigenvalue weighted by Gasteiger charge is 2.07. The summed E-state index contributed by atoms with van der Waals surface area (Å²) in [5.41, 5.74) is 11.1. The fourth-order valence-electron chi connectivity index (χ4n) is 0.909. The molecule has 0 aliphatic rings. The van der Waals surface area contributed by atoms with Gasteiger partial charge in [-0.3, -0.25) is 4.79 Å². The quantitative estimate of drug-likeness (QED) is 0.669. The predicted octanol–water partition coefficient (Wildman–Crippen LogP) is 0.665. The van der Waals surface area contributed by atoms with E-state index in [9.17, 15) is 4.79 Å². The lowest BCUT2D eigenvalue weighted by Crippen LogP contribution is -2.19. The van der Waals surface area contributed by atoms with Crippen molar-refractivity contribution < 1.29 is 4.79 Å². The van der Waals surface area contributed by atoms with Crippen LogP contribution in [0.25, 0.3) is 0 Å². The molecule has 0 aliphatic carbocycles. The van der Waals surface area contributed by atoms with Gasteiger partial charge in [-0.25, -0.2) is 0 Å². The first-order valence-corrected chi connectivity index (χ1v) is 4.78. The van der Waals surface area contributed by atoms with Crippen molar-refractivity contribution in [3.05, 3.63) is 17.0 Å². The summed E-state index contributed by atoms with van der Waals surface area (Å²) in [5, 5.41) is 3.50. The Morgan fingerprint density at radius 3 is 2.92 bits per heavy atom. The second-order valence-corrected chi connectivity index (χ2v) is 3.84. The van der Waals surface area contributed by atoms with E-state index >= 15 is 0 Å². The molecular weight excluding hydrogens is 186 g/mol. The Hall–Kier alpha value is -0.910. The van der Waals surface area contributed by atoms with E-state index in [1.807, 2.05) is 12.1 Å². The standard InChI is InChI=1S/C8H13N3OS/c1-5(12)11-8-3-2-7(13-8)6(10)4-9/h2-3,6H,4,9-10H2,1H3,(H,11,12). The molecule has 5 heteroatoms. The van der Waals surface area contributed by atoms with Gasteiger partial charge < -0.3 is 16.8 Å². The maximum Gasteiger partial charge on any atom is 0.221 e. The maximum absolute atomic E-state index is 10.7. The summed E-state index contributed by atoms with van der Waals surface area (Å²) in [6, 6.07) is 3.58. The summed E-state index contributed by atoms with van der Waals surface area (Å²) in [4.78, 5) is 11.7. The van der Waals surface area contributed by atoms with Crippen LogP contribution in [0.5, 0.6) is 0 Å². The van der Waals surface area contributed by atoms with E-state index in [1.165, 1.54) is 18.3 Å². The smallest absolute Gasteiger partial charge is 0.221 e. The summed E-state index contributed by atoms with van der Waals surface area (Å²) in [6.07, 6.45) is 0. The average Bonchev–Trinajstić information content (AvgIpc) is 2.50. The molecule has 0 bridgehead atoms. The molecule has 0 spiro atoms. The molecule has 0 saturated carbocycles. The fraction of sp³-hybridized carbons (Fsp3) is 0.375. The topological polar surface area (TPSA) is 81.1 Å². The third-order valence-corrected chi connectivity index (χ3v) is 2.68. The predicted molar refractivity (Wildman–Crippen MR) is 54.6 cm³/mol. The maximum atomic E-state index is 10.7. The second kappa shape index (κ2) is 4.36. The number of nitrogens with one attached hydrogen (secondary N) is 1. The number of carbonyl (C=O) groups excluding carboxylic acids is 1. The molecule has 1 amide bonds. The highest BCUT2D eigenvalue weighted by Crippen LogP contribution is 2.25. The number of anilines is 1. The molecule has 0 fully saturated rings. The Morgan fingerprint density at radius 2 is 2.38 bits per heavy atom. The SMILES string of the molecule is CC(=O)Nc1ccc(C(N)CN)s1. The monoisotopic (exact) mass is 199 g/mol. The van der Waals surface area contributed by atoms with Crippen molar-refractivity contribution >= 4 is 22.2 Å². The number of thiophene rings is 1. The summed E-state index contributed by atoms with van der Waals surface area (Å²) < 4.78 is 0. The lowest BCUT2D eigenvalue weighted by Gasteiger charge is -2.03. The molecule has 1 atom stereocenters. The molecule has 0 radical (unpaired) electrons. The van der Waals surface area contributed by atoms with Crippen LogP contribution in [0, 0.1) is 0 Å². The molecule has 1 rings (SSSR count). The second-order valence-electron chi connectivity index (χ2n) is 2.73. The normalized spacial score (nSPS) is 12.5. The minimum atomic E-state index is -0.132. The van der Waals surface area contributed by atoms with Crippen LogP contribution in [0.3, 0.4) is 0 Å². The fourth-order valence-corrected chi connectivity index (χ4v) is 1.88. The molecule has 0 aromatic carbocycles. The highest BCUT2D eigenvalue weighted by atomic mass is 32.1. The van der Waals surface area contributed by atoms with Gasteiger partial charge in [0.15, 0.2) is 0 Å². The third-order valence-electron chi connectivity index (χ3n) is 1.55. The van der Waals surface area contributed by atoms with Gasteiger partial charge in [0.1, 0.15) is 0 Å². The van der Waals surface area contributed by atoms with Gasteiger partial charge in [0, 0.05) is 18.3 Å². The van der Waals surface area contributed by atoms with Crippen LogP contribution in [0.4, 0.5) is 5.00 Å². The lowest BCUT2D eigenvalue weighted by atomic mass is 10.2. The first kappa shape index (κ1) is 10.2. The molecule has 0 aliphatic heterocycles. The van der Waals surface area contributed by atoms with Gasteiger partial charge in [0.05, 0.1) is 11.0 Å². The summed E-state index contributed by atoms with van der Waals surface area (Å²) >= 11 is 1.46. The van der Waals surface area contributed by atoms with Gasteiger partial charge in [-0.2, -0.15) is 0 Å². The molecule has 1 aromatic rings. The van der Waals surface area contributed by atoms with Crippen molar-refractivity contribution in [1.29, 1.82) is 0 Å². The highest BCUT2D eigenvalue weighted by molar-refractivity contribution is 7.16. The van der Waals surface area contributed by atoms with Crippen LogP contribution in [0.15, 0.2) is 12.1 Å². The van der Waals surface area contributed by atoms with E-state index in [4.69, 9.17) is 11.5 Å². The molecule has 4 nitrogen and oxygen atoms in total. The number of nitrogens with two attached hydrogens (primary N) is 2. The molecule has 1 heterocycles. The lowest BCUT2D eigenvalue weighted by molar-refractivity contribution is -0.114. The minimum Gasteiger partial charge on any atom is -0.329 e.